The van der Waals surface area contributed by atoms with Crippen molar-refractivity contribution in [2.24, 2.45) is 11.8 Å². The van der Waals surface area contributed by atoms with Crippen molar-refractivity contribution >= 4 is 17.7 Å². The van der Waals surface area contributed by atoms with Crippen LogP contribution in [0.15, 0.2) is 12.2 Å². The number of ether oxygens (including phenoxy) is 4. The van der Waals surface area contributed by atoms with Crippen LogP contribution in [0.1, 0.15) is 75.0 Å². The fourth-order valence-corrected chi connectivity index (χ4v) is 4.00. The van der Waals surface area contributed by atoms with Crippen molar-refractivity contribution < 1.29 is 44.3 Å². The zero-order chi connectivity index (χ0) is 27.8. The monoisotopic (exact) mass is 416 g/mol. The average Bonchev–Trinajstić information content (AvgIpc) is 3.17. The molecule has 0 aromatic rings. The van der Waals surface area contributed by atoms with Crippen LogP contribution in [0.25, 0.3) is 0 Å². The molecule has 0 bridgehead atoms. The number of fused-ring (bicyclic) bond motifs is 1. The van der Waals surface area contributed by atoms with Crippen LogP contribution < -0.4 is 0 Å². The Morgan fingerprint density at radius 1 is 1.24 bits per heavy atom. The number of carbonyl (C=O) groups excluding carboxylic acids is 3. The lowest BCUT2D eigenvalue weighted by Gasteiger charge is -2.29. The molecule has 2 aliphatic heterocycles. The average molecular weight is 417 g/mol. The highest BCUT2D eigenvalue weighted by molar-refractivity contribution is 5.89. The molecule has 0 spiro atoms. The molecule has 1 saturated carbocycles. The summed E-state index contributed by atoms with van der Waals surface area (Å²) in [6.45, 7) is 0.536. The number of ketones is 1. The molecule has 29 heavy (non-hydrogen) atoms. The summed E-state index contributed by atoms with van der Waals surface area (Å²) in [4.78, 5) is 36.5. The highest BCUT2D eigenvalue weighted by Crippen LogP contribution is 2.43. The Hall–Kier alpha value is -1.73. The Bertz CT molecular complexity index is 917. The normalized spacial score (nSPS) is 38.1. The summed E-state index contributed by atoms with van der Waals surface area (Å²) >= 11 is 0. The molecular weight excluding hydrogens is 376 g/mol. The number of hydrogen-bond acceptors (Lipinski definition) is 7. The molecule has 1 aliphatic carbocycles. The molecule has 0 aromatic carbocycles. The van der Waals surface area contributed by atoms with Crippen LogP contribution in [-0.2, 0) is 33.3 Å². The topological polar surface area (TPSA) is 88.1 Å². The van der Waals surface area contributed by atoms with Gasteiger partial charge in [0.25, 0.3) is 0 Å². The van der Waals surface area contributed by atoms with Crippen molar-refractivity contribution in [1.29, 1.82) is 0 Å². The first-order chi connectivity index (χ1) is 17.1. The summed E-state index contributed by atoms with van der Waals surface area (Å²) in [7, 11) is 0.780. The molecule has 5 atom stereocenters. The lowest BCUT2D eigenvalue weighted by atomic mass is 9.87. The van der Waals surface area contributed by atoms with Crippen LogP contribution in [0.2, 0.25) is 0 Å². The Kier molecular flexibility index (Phi) is 5.08. The van der Waals surface area contributed by atoms with Crippen molar-refractivity contribution in [2.75, 3.05) is 13.7 Å². The molecule has 3 rings (SSSR count). The van der Waals surface area contributed by atoms with Gasteiger partial charge in [0, 0.05) is 55.0 Å². The maximum atomic E-state index is 12.9. The highest BCUT2D eigenvalue weighted by atomic mass is 16.7. The zero-order valence-corrected chi connectivity index (χ0v) is 16.3. The second-order valence-corrected chi connectivity index (χ2v) is 7.23. The van der Waals surface area contributed by atoms with Crippen LogP contribution in [-0.4, -0.2) is 49.9 Å². The zero-order valence-electron chi connectivity index (χ0n) is 24.3. The summed E-state index contributed by atoms with van der Waals surface area (Å²) in [6, 6.07) is 0. The van der Waals surface area contributed by atoms with Gasteiger partial charge in [-0.25, -0.2) is 0 Å². The minimum atomic E-state index is -3.78. The molecule has 1 unspecified atom stereocenters. The van der Waals surface area contributed by atoms with E-state index in [1.165, 1.54) is 6.08 Å². The van der Waals surface area contributed by atoms with Crippen molar-refractivity contribution in [1.82, 2.24) is 0 Å². The van der Waals surface area contributed by atoms with Gasteiger partial charge >= 0.3 is 11.9 Å². The van der Waals surface area contributed by atoms with Gasteiger partial charge in [0.2, 0.25) is 0 Å². The molecule has 7 heteroatoms. The second kappa shape index (κ2) is 10.9. The molecule has 0 amide bonds. The first kappa shape index (κ1) is 13.5. The number of rotatable bonds is 9. The van der Waals surface area contributed by atoms with Crippen LogP contribution in [0.3, 0.4) is 0 Å². The fraction of sp³-hybridized carbons (Fsp3) is 0.773. The van der Waals surface area contributed by atoms with E-state index in [1.54, 1.807) is 0 Å². The van der Waals surface area contributed by atoms with Gasteiger partial charge in [-0.1, -0.05) is 6.08 Å². The van der Waals surface area contributed by atoms with Crippen molar-refractivity contribution in [2.45, 2.75) is 82.5 Å². The minimum Gasteiger partial charge on any atom is -0.469 e. The Morgan fingerprint density at radius 2 is 2.07 bits per heavy atom. The van der Waals surface area contributed by atoms with Crippen LogP contribution >= 0.6 is 0 Å². The molecule has 2 heterocycles. The van der Waals surface area contributed by atoms with E-state index in [4.69, 9.17) is 25.2 Å². The molecule has 3 aliphatic rings. The summed E-state index contributed by atoms with van der Waals surface area (Å²) in [5.74, 6) is -4.26. The third kappa shape index (κ3) is 6.37. The number of esters is 2. The first-order valence-electron chi connectivity index (χ1n) is 13.9. The molecule has 2 saturated heterocycles. The molecule has 7 nitrogen and oxygen atoms in total. The summed E-state index contributed by atoms with van der Waals surface area (Å²) in [6.07, 6.45) is -10.6. The van der Waals surface area contributed by atoms with E-state index in [9.17, 15) is 14.4 Å². The lowest BCUT2D eigenvalue weighted by molar-refractivity contribution is -0.193. The van der Waals surface area contributed by atoms with E-state index >= 15 is 0 Å². The van der Waals surface area contributed by atoms with Crippen LogP contribution in [0.4, 0.5) is 0 Å². The Balaban J connectivity index is 1.84. The van der Waals surface area contributed by atoms with Crippen LogP contribution in [0, 0.1) is 11.8 Å². The summed E-state index contributed by atoms with van der Waals surface area (Å²) in [5, 5.41) is 0. The maximum Gasteiger partial charge on any atom is 0.306 e. The lowest BCUT2D eigenvalue weighted by Crippen LogP contribution is -2.32. The maximum absolute atomic E-state index is 12.9. The van der Waals surface area contributed by atoms with Gasteiger partial charge in [-0.3, -0.25) is 14.4 Å². The Morgan fingerprint density at radius 3 is 2.83 bits per heavy atom. The second-order valence-electron chi connectivity index (χ2n) is 7.23. The molecular formula is C22H32O7. The molecule has 162 valence electrons. The number of hydrogen-bond donors (Lipinski definition) is 0. The van der Waals surface area contributed by atoms with E-state index in [1.807, 2.05) is 0 Å². The number of allylic oxidation sites excluding steroid dienone is 1. The van der Waals surface area contributed by atoms with Gasteiger partial charge in [0.05, 0.1) is 13.2 Å². The van der Waals surface area contributed by atoms with Gasteiger partial charge in [-0.2, -0.15) is 0 Å². The quantitative estimate of drug-likeness (QED) is 0.421. The first-order valence-corrected chi connectivity index (χ1v) is 9.85. The molecule has 0 N–H and O–H groups in total. The van der Waals surface area contributed by atoms with E-state index in [-0.39, 0.29) is 18.3 Å². The van der Waals surface area contributed by atoms with E-state index < -0.39 is 61.7 Å². The minimum absolute atomic E-state index is 0.165. The smallest absolute Gasteiger partial charge is 0.306 e. The fourth-order valence-electron chi connectivity index (χ4n) is 4.00. The molecule has 0 aromatic heterocycles. The van der Waals surface area contributed by atoms with Gasteiger partial charge < -0.3 is 18.9 Å². The van der Waals surface area contributed by atoms with Gasteiger partial charge in [-0.15, -0.1) is 0 Å². The summed E-state index contributed by atoms with van der Waals surface area (Å²) in [5.41, 5.74) is 0. The number of methoxy groups -OCH3 is 1. The van der Waals surface area contributed by atoms with Gasteiger partial charge in [0.1, 0.15) is 6.10 Å². The SMILES string of the molecule is [2H]C([2H])(C(=O)/C=C/[C@@H]1[C@H]2CCC(=O)O[C@H]2C[C@H]1OC1CCCCO1)C([2H])([2H])C([2H])([2H])C([2H])([2H])C(=O)OC. The highest BCUT2D eigenvalue weighted by Gasteiger charge is 2.47. The van der Waals surface area contributed by atoms with E-state index in [0.717, 1.165) is 26.0 Å². The van der Waals surface area contributed by atoms with Gasteiger partial charge in [0.15, 0.2) is 12.1 Å². The number of carbonyl (C=O) groups is 3. The van der Waals surface area contributed by atoms with Crippen LogP contribution in [0.5, 0.6) is 0 Å². The Labute approximate surface area is 183 Å². The van der Waals surface area contributed by atoms with Crippen molar-refractivity contribution in [3.05, 3.63) is 12.2 Å². The van der Waals surface area contributed by atoms with Crippen molar-refractivity contribution in [3.63, 3.8) is 0 Å². The van der Waals surface area contributed by atoms with Crippen molar-refractivity contribution in [3.8, 4) is 0 Å². The summed E-state index contributed by atoms with van der Waals surface area (Å²) < 4.78 is 85.1. The molecule has 0 radical (unpaired) electrons. The largest absolute Gasteiger partial charge is 0.469 e. The predicted molar refractivity (Wildman–Crippen MR) is 104 cm³/mol. The third-order valence-electron chi connectivity index (χ3n) is 5.36. The van der Waals surface area contributed by atoms with Gasteiger partial charge in [-0.05, 0) is 44.5 Å². The van der Waals surface area contributed by atoms with E-state index in [0.29, 0.717) is 25.9 Å². The third-order valence-corrected chi connectivity index (χ3v) is 5.36. The van der Waals surface area contributed by atoms with E-state index in [2.05, 4.69) is 4.74 Å². The standard InChI is InChI=1S/C22H32O7/c1-26-20(24)7-3-2-6-15(23)9-10-16-17-11-12-21(25)28-18(17)14-19(16)29-22-8-4-5-13-27-22/h9-10,16-19,22H,2-8,11-14H2,1H3/b10-9+/t16-,17-,18+,19-,22?/m1/s1/i2D2,3D2,6D2,7D2. The molecule has 3 fully saturated rings. The predicted octanol–water partition coefficient (Wildman–Crippen LogP) is 3.10.